The topological polar surface area (TPSA) is 21.3 Å². The molecule has 0 fully saturated rings. The number of rotatable bonds is 7. The van der Waals surface area contributed by atoms with Crippen molar-refractivity contribution in [3.63, 3.8) is 0 Å². The lowest BCUT2D eigenvalue weighted by Gasteiger charge is -2.13. The number of halogens is 1. The summed E-state index contributed by atoms with van der Waals surface area (Å²) in [5.41, 5.74) is 2.62. The lowest BCUT2D eigenvalue weighted by molar-refractivity contribution is 0.409. The third kappa shape index (κ3) is 4.57. The summed E-state index contributed by atoms with van der Waals surface area (Å²) >= 11 is 5.62. The minimum atomic E-state index is 0.551. The fourth-order valence-corrected chi connectivity index (χ4v) is 1.90. The molecule has 0 saturated carbocycles. The molecule has 0 atom stereocenters. The predicted molar refractivity (Wildman–Crippen MR) is 74.4 cm³/mol. The lowest BCUT2D eigenvalue weighted by atomic mass is 9.99. The Bertz CT molecular complexity index is 339. The SMILES string of the molecule is COc1ccc(C(C)C)cc1CCNCCCl. The van der Waals surface area contributed by atoms with Crippen molar-refractivity contribution in [1.29, 1.82) is 0 Å². The van der Waals surface area contributed by atoms with Gasteiger partial charge in [0.2, 0.25) is 0 Å². The third-order valence-electron chi connectivity index (χ3n) is 2.81. The van der Waals surface area contributed by atoms with Crippen LogP contribution in [0.5, 0.6) is 5.75 Å². The highest BCUT2D eigenvalue weighted by atomic mass is 35.5. The van der Waals surface area contributed by atoms with E-state index in [2.05, 4.69) is 37.4 Å². The Balaban J connectivity index is 2.69. The van der Waals surface area contributed by atoms with Gasteiger partial charge in [-0.1, -0.05) is 26.0 Å². The Morgan fingerprint density at radius 3 is 2.65 bits per heavy atom. The van der Waals surface area contributed by atoms with Gasteiger partial charge in [0.25, 0.3) is 0 Å². The van der Waals surface area contributed by atoms with Gasteiger partial charge in [0.15, 0.2) is 0 Å². The molecule has 1 aromatic rings. The fourth-order valence-electron chi connectivity index (χ4n) is 1.77. The van der Waals surface area contributed by atoms with Crippen molar-refractivity contribution in [2.45, 2.75) is 26.2 Å². The molecule has 0 radical (unpaired) electrons. The van der Waals surface area contributed by atoms with Gasteiger partial charge in [-0.05, 0) is 36.1 Å². The van der Waals surface area contributed by atoms with Crippen LogP contribution in [0.15, 0.2) is 18.2 Å². The predicted octanol–water partition coefficient (Wildman–Crippen LogP) is 3.19. The first-order valence-corrected chi connectivity index (χ1v) is 6.66. The van der Waals surface area contributed by atoms with Crippen LogP contribution in [0.3, 0.4) is 0 Å². The zero-order valence-electron chi connectivity index (χ0n) is 10.9. The van der Waals surface area contributed by atoms with Gasteiger partial charge in [-0.3, -0.25) is 0 Å². The average molecular weight is 256 g/mol. The number of nitrogens with one attached hydrogen (secondary N) is 1. The lowest BCUT2D eigenvalue weighted by Crippen LogP contribution is -2.19. The van der Waals surface area contributed by atoms with Gasteiger partial charge in [0, 0.05) is 12.4 Å². The summed E-state index contributed by atoms with van der Waals surface area (Å²) in [5, 5.41) is 3.30. The first-order valence-electron chi connectivity index (χ1n) is 6.12. The molecular weight excluding hydrogens is 234 g/mol. The molecule has 0 amide bonds. The van der Waals surface area contributed by atoms with Gasteiger partial charge in [0.05, 0.1) is 7.11 Å². The zero-order valence-corrected chi connectivity index (χ0v) is 11.7. The van der Waals surface area contributed by atoms with Crippen molar-refractivity contribution >= 4 is 11.6 Å². The maximum Gasteiger partial charge on any atom is 0.122 e. The Hall–Kier alpha value is -0.730. The van der Waals surface area contributed by atoms with E-state index in [1.165, 1.54) is 11.1 Å². The summed E-state index contributed by atoms with van der Waals surface area (Å²) in [6.45, 7) is 6.20. The highest BCUT2D eigenvalue weighted by Gasteiger charge is 2.06. The van der Waals surface area contributed by atoms with E-state index < -0.39 is 0 Å². The van der Waals surface area contributed by atoms with Gasteiger partial charge >= 0.3 is 0 Å². The Morgan fingerprint density at radius 2 is 2.06 bits per heavy atom. The normalized spacial score (nSPS) is 10.9. The molecule has 0 saturated heterocycles. The van der Waals surface area contributed by atoms with Crippen LogP contribution in [-0.2, 0) is 6.42 Å². The minimum Gasteiger partial charge on any atom is -0.496 e. The molecule has 0 aliphatic rings. The summed E-state index contributed by atoms with van der Waals surface area (Å²) in [4.78, 5) is 0. The van der Waals surface area contributed by atoms with E-state index in [0.29, 0.717) is 11.8 Å². The molecule has 17 heavy (non-hydrogen) atoms. The van der Waals surface area contributed by atoms with E-state index in [-0.39, 0.29) is 0 Å². The maximum atomic E-state index is 5.62. The molecule has 1 N–H and O–H groups in total. The molecule has 1 rings (SSSR count). The molecule has 0 aliphatic heterocycles. The van der Waals surface area contributed by atoms with E-state index >= 15 is 0 Å². The third-order valence-corrected chi connectivity index (χ3v) is 3.00. The second-order valence-corrected chi connectivity index (χ2v) is 4.79. The van der Waals surface area contributed by atoms with Crippen molar-refractivity contribution in [1.82, 2.24) is 5.32 Å². The molecule has 0 unspecified atom stereocenters. The summed E-state index contributed by atoms with van der Waals surface area (Å²) in [7, 11) is 1.72. The molecule has 0 bridgehead atoms. The number of alkyl halides is 1. The van der Waals surface area contributed by atoms with E-state index in [9.17, 15) is 0 Å². The van der Waals surface area contributed by atoms with Crippen molar-refractivity contribution < 1.29 is 4.74 Å². The molecule has 1 aromatic carbocycles. The van der Waals surface area contributed by atoms with Crippen molar-refractivity contribution in [3.8, 4) is 5.75 Å². The highest BCUT2D eigenvalue weighted by molar-refractivity contribution is 6.18. The molecule has 0 aliphatic carbocycles. The molecule has 3 heteroatoms. The Morgan fingerprint density at radius 1 is 1.29 bits per heavy atom. The standard InChI is InChI=1S/C14H22ClNO/c1-11(2)12-4-5-14(17-3)13(10-12)6-8-16-9-7-15/h4-5,10-11,16H,6-9H2,1-3H3. The van der Waals surface area contributed by atoms with E-state index in [4.69, 9.17) is 16.3 Å². The van der Waals surface area contributed by atoms with E-state index in [1.54, 1.807) is 7.11 Å². The van der Waals surface area contributed by atoms with Gasteiger partial charge in [-0.25, -0.2) is 0 Å². The smallest absolute Gasteiger partial charge is 0.122 e. The molecule has 2 nitrogen and oxygen atoms in total. The van der Waals surface area contributed by atoms with Crippen LogP contribution in [0.2, 0.25) is 0 Å². The second-order valence-electron chi connectivity index (χ2n) is 4.41. The molecule has 0 heterocycles. The van der Waals surface area contributed by atoms with Crippen molar-refractivity contribution in [2.75, 3.05) is 26.1 Å². The van der Waals surface area contributed by atoms with Crippen LogP contribution in [-0.4, -0.2) is 26.1 Å². The largest absolute Gasteiger partial charge is 0.496 e. The summed E-state index contributed by atoms with van der Waals surface area (Å²) in [5.74, 6) is 2.18. The second kappa shape index (κ2) is 7.57. The number of ether oxygens (including phenoxy) is 1. The fraction of sp³-hybridized carbons (Fsp3) is 0.571. The molecule has 96 valence electrons. The van der Waals surface area contributed by atoms with E-state index in [1.807, 2.05) is 0 Å². The van der Waals surface area contributed by atoms with Gasteiger partial charge in [0.1, 0.15) is 5.75 Å². The Kier molecular flexibility index (Phi) is 6.38. The summed E-state index contributed by atoms with van der Waals surface area (Å²) in [6, 6.07) is 6.44. The van der Waals surface area contributed by atoms with Gasteiger partial charge in [-0.15, -0.1) is 11.6 Å². The average Bonchev–Trinajstić information content (AvgIpc) is 2.34. The monoisotopic (exact) mass is 255 g/mol. The van der Waals surface area contributed by atoms with Crippen molar-refractivity contribution in [3.05, 3.63) is 29.3 Å². The van der Waals surface area contributed by atoms with Crippen LogP contribution in [0.25, 0.3) is 0 Å². The Labute approximate surface area is 109 Å². The van der Waals surface area contributed by atoms with Crippen LogP contribution in [0.1, 0.15) is 30.9 Å². The number of hydrogen-bond acceptors (Lipinski definition) is 2. The first-order chi connectivity index (χ1) is 8.19. The molecular formula is C14H22ClNO. The maximum absolute atomic E-state index is 5.62. The number of hydrogen-bond donors (Lipinski definition) is 1. The number of methoxy groups -OCH3 is 1. The number of benzene rings is 1. The molecule has 0 aromatic heterocycles. The van der Waals surface area contributed by atoms with Crippen LogP contribution in [0.4, 0.5) is 0 Å². The van der Waals surface area contributed by atoms with E-state index in [0.717, 1.165) is 25.3 Å². The first kappa shape index (κ1) is 14.3. The van der Waals surface area contributed by atoms with Crippen LogP contribution in [0, 0.1) is 0 Å². The minimum absolute atomic E-state index is 0.551. The summed E-state index contributed by atoms with van der Waals surface area (Å²) < 4.78 is 5.38. The molecule has 0 spiro atoms. The quantitative estimate of drug-likeness (QED) is 0.597. The van der Waals surface area contributed by atoms with Crippen LogP contribution < -0.4 is 10.1 Å². The van der Waals surface area contributed by atoms with Gasteiger partial charge < -0.3 is 10.1 Å². The zero-order chi connectivity index (χ0) is 12.7. The van der Waals surface area contributed by atoms with Crippen molar-refractivity contribution in [2.24, 2.45) is 0 Å². The highest BCUT2D eigenvalue weighted by Crippen LogP contribution is 2.24. The van der Waals surface area contributed by atoms with Gasteiger partial charge in [-0.2, -0.15) is 0 Å². The summed E-state index contributed by atoms with van der Waals surface area (Å²) in [6.07, 6.45) is 0.973. The van der Waals surface area contributed by atoms with Crippen LogP contribution >= 0.6 is 11.6 Å².